The summed E-state index contributed by atoms with van der Waals surface area (Å²) in [4.78, 5) is 22.3. The van der Waals surface area contributed by atoms with Crippen LogP contribution in [0.4, 0.5) is 0 Å². The van der Waals surface area contributed by atoms with Crippen LogP contribution < -0.4 is 5.32 Å². The molecule has 1 amide bonds. The van der Waals surface area contributed by atoms with Gasteiger partial charge in [0.1, 0.15) is 0 Å². The molecule has 1 aromatic carbocycles. The normalized spacial score (nSPS) is 18.8. The summed E-state index contributed by atoms with van der Waals surface area (Å²) < 4.78 is 0. The molecule has 1 atom stereocenters. The van der Waals surface area contributed by atoms with Crippen molar-refractivity contribution >= 4 is 11.9 Å². The molecule has 0 saturated heterocycles. The van der Waals surface area contributed by atoms with E-state index in [-0.39, 0.29) is 18.4 Å². The molecule has 1 aromatic rings. The number of nitrogens with one attached hydrogen (secondary N) is 1. The van der Waals surface area contributed by atoms with E-state index in [4.69, 9.17) is 5.11 Å². The van der Waals surface area contributed by atoms with Crippen LogP contribution in [0.2, 0.25) is 0 Å². The number of carboxylic acids is 1. The van der Waals surface area contributed by atoms with Crippen LogP contribution in [0.25, 0.3) is 0 Å². The molecule has 0 aliphatic carbocycles. The molecular formula is C12H13NO3. The zero-order valence-electron chi connectivity index (χ0n) is 8.99. The molecule has 2 N–H and O–H groups in total. The van der Waals surface area contributed by atoms with Crippen LogP contribution in [0.5, 0.6) is 0 Å². The summed E-state index contributed by atoms with van der Waals surface area (Å²) in [5.41, 5.74) is 2.68. The summed E-state index contributed by atoms with van der Waals surface area (Å²) in [6.07, 6.45) is 0.569. The highest BCUT2D eigenvalue weighted by Crippen LogP contribution is 2.21. The largest absolute Gasteiger partial charge is 0.481 e. The number of aryl methyl sites for hydroxylation is 1. The van der Waals surface area contributed by atoms with Gasteiger partial charge in [0.25, 0.3) is 5.91 Å². The fourth-order valence-corrected chi connectivity index (χ4v) is 2.08. The summed E-state index contributed by atoms with van der Waals surface area (Å²) in [5, 5.41) is 11.4. The molecule has 4 heteroatoms. The number of hydrogen-bond donors (Lipinski definition) is 2. The van der Waals surface area contributed by atoms with Gasteiger partial charge >= 0.3 is 5.97 Å². The van der Waals surface area contributed by atoms with Gasteiger partial charge < -0.3 is 10.4 Å². The molecule has 0 saturated carbocycles. The topological polar surface area (TPSA) is 66.4 Å². The highest BCUT2D eigenvalue weighted by atomic mass is 16.4. The van der Waals surface area contributed by atoms with Gasteiger partial charge in [-0.15, -0.1) is 0 Å². The van der Waals surface area contributed by atoms with E-state index in [1.807, 2.05) is 19.1 Å². The fourth-order valence-electron chi connectivity index (χ4n) is 2.08. The summed E-state index contributed by atoms with van der Waals surface area (Å²) in [7, 11) is 0. The minimum Gasteiger partial charge on any atom is -0.481 e. The first-order chi connectivity index (χ1) is 7.58. The summed E-state index contributed by atoms with van der Waals surface area (Å²) >= 11 is 0. The first-order valence-corrected chi connectivity index (χ1v) is 5.19. The molecule has 84 valence electrons. The quantitative estimate of drug-likeness (QED) is 0.783. The Bertz CT molecular complexity index is 454. The Kier molecular flexibility index (Phi) is 2.64. The van der Waals surface area contributed by atoms with E-state index in [1.165, 1.54) is 0 Å². The number of carbonyl (C=O) groups excluding carboxylic acids is 1. The predicted octanol–water partition coefficient (Wildman–Crippen LogP) is 1.12. The Morgan fingerprint density at radius 3 is 3.00 bits per heavy atom. The van der Waals surface area contributed by atoms with Crippen molar-refractivity contribution in [3.05, 3.63) is 34.9 Å². The first-order valence-electron chi connectivity index (χ1n) is 5.19. The molecule has 16 heavy (non-hydrogen) atoms. The predicted molar refractivity (Wildman–Crippen MR) is 58.4 cm³/mol. The van der Waals surface area contributed by atoms with E-state index in [1.54, 1.807) is 6.07 Å². The van der Waals surface area contributed by atoms with Gasteiger partial charge in [-0.1, -0.05) is 12.1 Å². The van der Waals surface area contributed by atoms with E-state index < -0.39 is 5.97 Å². The number of amides is 1. The zero-order valence-corrected chi connectivity index (χ0v) is 8.99. The molecule has 0 fully saturated rings. The standard InChI is InChI=1S/C12H13NO3/c1-7-3-2-4-9-10(7)5-8(6-11(14)15)13-12(9)16/h2-4,8H,5-6H2,1H3,(H,13,16)(H,14,15). The first kappa shape index (κ1) is 10.7. The highest BCUT2D eigenvalue weighted by molar-refractivity contribution is 5.97. The van der Waals surface area contributed by atoms with Gasteiger partial charge in [-0.25, -0.2) is 0 Å². The lowest BCUT2D eigenvalue weighted by atomic mass is 9.90. The molecule has 0 aromatic heterocycles. The molecule has 4 nitrogen and oxygen atoms in total. The SMILES string of the molecule is Cc1cccc2c1CC(CC(=O)O)NC2=O. The van der Waals surface area contributed by atoms with Crippen molar-refractivity contribution in [1.29, 1.82) is 0 Å². The van der Waals surface area contributed by atoms with Crippen molar-refractivity contribution in [2.24, 2.45) is 0 Å². The molecule has 1 aliphatic rings. The van der Waals surface area contributed by atoms with Crippen molar-refractivity contribution in [1.82, 2.24) is 5.32 Å². The van der Waals surface area contributed by atoms with Gasteiger partial charge in [0.2, 0.25) is 0 Å². The minimum atomic E-state index is -0.887. The van der Waals surface area contributed by atoms with Crippen molar-refractivity contribution < 1.29 is 14.7 Å². The number of aliphatic carboxylic acids is 1. The number of benzene rings is 1. The van der Waals surface area contributed by atoms with Crippen LogP contribution in [0.1, 0.15) is 27.9 Å². The number of rotatable bonds is 2. The van der Waals surface area contributed by atoms with Gasteiger partial charge in [0, 0.05) is 11.6 Å². The third-order valence-corrected chi connectivity index (χ3v) is 2.86. The summed E-state index contributed by atoms with van der Waals surface area (Å²) in [5.74, 6) is -1.06. The molecule has 1 heterocycles. The smallest absolute Gasteiger partial charge is 0.305 e. The lowest BCUT2D eigenvalue weighted by Gasteiger charge is -2.25. The van der Waals surface area contributed by atoms with Crippen molar-refractivity contribution in [3.8, 4) is 0 Å². The van der Waals surface area contributed by atoms with E-state index in [9.17, 15) is 9.59 Å². The van der Waals surface area contributed by atoms with Gasteiger partial charge in [0.05, 0.1) is 6.42 Å². The Balaban J connectivity index is 2.31. The maximum Gasteiger partial charge on any atom is 0.305 e. The van der Waals surface area contributed by atoms with Gasteiger partial charge in [0.15, 0.2) is 0 Å². The van der Waals surface area contributed by atoms with Crippen LogP contribution >= 0.6 is 0 Å². The van der Waals surface area contributed by atoms with E-state index in [2.05, 4.69) is 5.32 Å². The van der Waals surface area contributed by atoms with Crippen molar-refractivity contribution in [3.63, 3.8) is 0 Å². The summed E-state index contributed by atoms with van der Waals surface area (Å²) in [6, 6.07) is 5.26. The average molecular weight is 219 g/mol. The molecular weight excluding hydrogens is 206 g/mol. The minimum absolute atomic E-state index is 0.0283. The van der Waals surface area contributed by atoms with Crippen LogP contribution in [0.3, 0.4) is 0 Å². The van der Waals surface area contributed by atoms with E-state index in [0.29, 0.717) is 12.0 Å². The number of fused-ring (bicyclic) bond motifs is 1. The average Bonchev–Trinajstić information content (AvgIpc) is 2.19. The van der Waals surface area contributed by atoms with Crippen LogP contribution in [0, 0.1) is 6.92 Å². The fraction of sp³-hybridized carbons (Fsp3) is 0.333. The maximum atomic E-state index is 11.7. The van der Waals surface area contributed by atoms with Crippen LogP contribution in [-0.4, -0.2) is 23.0 Å². The second-order valence-electron chi connectivity index (χ2n) is 4.07. The second-order valence-corrected chi connectivity index (χ2v) is 4.07. The van der Waals surface area contributed by atoms with Crippen LogP contribution in [-0.2, 0) is 11.2 Å². The third-order valence-electron chi connectivity index (χ3n) is 2.86. The lowest BCUT2D eigenvalue weighted by Crippen LogP contribution is -2.42. The van der Waals surface area contributed by atoms with Gasteiger partial charge in [-0.2, -0.15) is 0 Å². The molecule has 0 spiro atoms. The van der Waals surface area contributed by atoms with E-state index in [0.717, 1.165) is 11.1 Å². The number of hydrogen-bond acceptors (Lipinski definition) is 2. The molecule has 1 unspecified atom stereocenters. The van der Waals surface area contributed by atoms with Gasteiger partial charge in [-0.05, 0) is 30.5 Å². The zero-order chi connectivity index (χ0) is 11.7. The van der Waals surface area contributed by atoms with E-state index >= 15 is 0 Å². The van der Waals surface area contributed by atoms with Crippen molar-refractivity contribution in [2.45, 2.75) is 25.8 Å². The number of carboxylic acid groups (broad SMARTS) is 1. The Hall–Kier alpha value is -1.84. The highest BCUT2D eigenvalue weighted by Gasteiger charge is 2.26. The Morgan fingerprint density at radius 2 is 2.31 bits per heavy atom. The third kappa shape index (κ3) is 1.91. The van der Waals surface area contributed by atoms with Crippen molar-refractivity contribution in [2.75, 3.05) is 0 Å². The summed E-state index contributed by atoms with van der Waals surface area (Å²) in [6.45, 7) is 1.94. The maximum absolute atomic E-state index is 11.7. The molecule has 0 bridgehead atoms. The Morgan fingerprint density at radius 1 is 1.56 bits per heavy atom. The van der Waals surface area contributed by atoms with Crippen LogP contribution in [0.15, 0.2) is 18.2 Å². The monoisotopic (exact) mass is 219 g/mol. The lowest BCUT2D eigenvalue weighted by molar-refractivity contribution is -0.137. The molecule has 0 radical (unpaired) electrons. The Labute approximate surface area is 93.3 Å². The molecule has 2 rings (SSSR count). The number of carbonyl (C=O) groups is 2. The second kappa shape index (κ2) is 3.96. The molecule has 1 aliphatic heterocycles. The van der Waals surface area contributed by atoms with Gasteiger partial charge in [-0.3, -0.25) is 9.59 Å².